The smallest absolute Gasteiger partial charge is 0.352 e. The molecule has 0 aliphatic carbocycles. The number of carbonyl (C=O) groups is 3. The van der Waals surface area contributed by atoms with Gasteiger partial charge in [0.2, 0.25) is 0 Å². The predicted molar refractivity (Wildman–Crippen MR) is 95.8 cm³/mol. The second kappa shape index (κ2) is 6.42. The van der Waals surface area contributed by atoms with E-state index < -0.39 is 30.0 Å². The number of amides is 3. The predicted octanol–water partition coefficient (Wildman–Crippen LogP) is 1.26. The van der Waals surface area contributed by atoms with Crippen molar-refractivity contribution in [1.29, 1.82) is 5.26 Å². The molecule has 0 saturated carbocycles. The SMILES string of the molecule is N#C/C=C/C1=C(C(=O)O)N2C(=O)[C@@H]3[C@H]2C1CCN3C(=O)Nc1ccc(O)cc1. The van der Waals surface area contributed by atoms with Crippen LogP contribution >= 0.6 is 0 Å². The Morgan fingerprint density at radius 3 is 2.64 bits per heavy atom. The van der Waals surface area contributed by atoms with Gasteiger partial charge < -0.3 is 20.4 Å². The number of β-lactam (4-membered cyclic amide) rings is 1. The number of aromatic hydroxyl groups is 1. The normalized spacial score (nSPS) is 25.4. The number of allylic oxidation sites excluding steroid dienone is 2. The van der Waals surface area contributed by atoms with Crippen molar-refractivity contribution in [2.45, 2.75) is 18.5 Å². The summed E-state index contributed by atoms with van der Waals surface area (Å²) in [6.45, 7) is 0.284. The molecule has 9 heteroatoms. The van der Waals surface area contributed by atoms with Gasteiger partial charge in [0.1, 0.15) is 17.5 Å². The Kier molecular flexibility index (Phi) is 4.04. The third-order valence-corrected chi connectivity index (χ3v) is 5.37. The maximum atomic E-state index is 12.7. The number of benzene rings is 1. The van der Waals surface area contributed by atoms with Crippen molar-refractivity contribution in [3.8, 4) is 11.8 Å². The Bertz CT molecular complexity index is 975. The summed E-state index contributed by atoms with van der Waals surface area (Å²) in [5, 5.41) is 30.4. The van der Waals surface area contributed by atoms with Crippen LogP contribution in [0.2, 0.25) is 0 Å². The number of likely N-dealkylation sites (tertiary alicyclic amines) is 1. The maximum Gasteiger partial charge on any atom is 0.352 e. The standard InChI is InChI=1S/C19H16N4O5/c20-8-1-2-12-13-7-9-22(19(28)21-10-3-5-11(24)6-4-10)16-14(13)23(17(16)25)15(12)18(26)27/h1-6,13-14,16,24H,7,9H2,(H,21,28)(H,26,27)/b2-1+/t13?,14-,16+/m1/s1. The van der Waals surface area contributed by atoms with Gasteiger partial charge in [-0.3, -0.25) is 9.69 Å². The number of phenolic OH excluding ortho intramolecular Hbond substituents is 1. The number of piperidine rings is 1. The first-order valence-corrected chi connectivity index (χ1v) is 8.67. The zero-order valence-electron chi connectivity index (χ0n) is 14.6. The lowest BCUT2D eigenvalue weighted by atomic mass is 9.78. The minimum absolute atomic E-state index is 0.0693. The second-order valence-corrected chi connectivity index (χ2v) is 6.78. The van der Waals surface area contributed by atoms with Gasteiger partial charge in [-0.05, 0) is 42.3 Å². The molecule has 1 aromatic carbocycles. The molecule has 4 rings (SSSR count). The van der Waals surface area contributed by atoms with E-state index in [0.717, 1.165) is 0 Å². The Hall–Kier alpha value is -3.80. The summed E-state index contributed by atoms with van der Waals surface area (Å²) in [6, 6.07) is 6.17. The molecule has 0 aromatic heterocycles. The average molecular weight is 380 g/mol. The van der Waals surface area contributed by atoms with Gasteiger partial charge in [-0.2, -0.15) is 5.26 Å². The lowest BCUT2D eigenvalue weighted by Gasteiger charge is -2.53. The van der Waals surface area contributed by atoms with Crippen molar-refractivity contribution in [2.75, 3.05) is 11.9 Å². The summed E-state index contributed by atoms with van der Waals surface area (Å²) in [5.74, 6) is -1.82. The van der Waals surface area contributed by atoms with Crippen molar-refractivity contribution in [3.05, 3.63) is 47.7 Å². The molecule has 3 atom stereocenters. The van der Waals surface area contributed by atoms with E-state index >= 15 is 0 Å². The number of nitriles is 1. The number of aliphatic carboxylic acids is 1. The van der Waals surface area contributed by atoms with Crippen LogP contribution in [0.1, 0.15) is 6.42 Å². The van der Waals surface area contributed by atoms with E-state index in [1.165, 1.54) is 34.1 Å². The summed E-state index contributed by atoms with van der Waals surface area (Å²) in [4.78, 5) is 39.7. The Labute approximate surface area is 159 Å². The fourth-order valence-electron chi connectivity index (χ4n) is 4.24. The van der Waals surface area contributed by atoms with E-state index in [1.807, 2.05) is 6.07 Å². The highest BCUT2D eigenvalue weighted by Gasteiger charge is 2.63. The van der Waals surface area contributed by atoms with E-state index in [2.05, 4.69) is 5.32 Å². The minimum Gasteiger partial charge on any atom is -0.508 e. The zero-order valence-corrected chi connectivity index (χ0v) is 14.6. The fraction of sp³-hybridized carbons (Fsp3) is 0.263. The molecule has 3 aliphatic heterocycles. The monoisotopic (exact) mass is 380 g/mol. The van der Waals surface area contributed by atoms with Crippen molar-refractivity contribution < 1.29 is 24.6 Å². The summed E-state index contributed by atoms with van der Waals surface area (Å²) in [6.07, 6.45) is 3.13. The molecule has 1 unspecified atom stereocenters. The number of phenols is 1. The topological polar surface area (TPSA) is 134 Å². The van der Waals surface area contributed by atoms with Crippen LogP contribution in [0.5, 0.6) is 5.75 Å². The molecule has 0 bridgehead atoms. The second-order valence-electron chi connectivity index (χ2n) is 6.78. The highest BCUT2D eigenvalue weighted by Crippen LogP contribution is 2.49. The first-order valence-electron chi connectivity index (χ1n) is 8.67. The molecule has 3 amide bonds. The molecule has 3 aliphatic rings. The maximum absolute atomic E-state index is 12.7. The van der Waals surface area contributed by atoms with E-state index in [4.69, 9.17) is 5.26 Å². The number of carboxylic acid groups (broad SMARTS) is 1. The summed E-state index contributed by atoms with van der Waals surface area (Å²) in [7, 11) is 0. The highest BCUT2D eigenvalue weighted by molar-refractivity contribution is 6.04. The number of urea groups is 1. The molecular weight excluding hydrogens is 364 g/mol. The molecule has 2 saturated heterocycles. The van der Waals surface area contributed by atoms with Gasteiger partial charge in [-0.15, -0.1) is 0 Å². The van der Waals surface area contributed by atoms with E-state index in [-0.39, 0.29) is 23.9 Å². The van der Waals surface area contributed by atoms with Gasteiger partial charge in [-0.25, -0.2) is 9.59 Å². The van der Waals surface area contributed by atoms with Crippen molar-refractivity contribution >= 4 is 23.6 Å². The molecule has 0 radical (unpaired) electrons. The average Bonchev–Trinajstić information content (AvgIpc) is 3.00. The van der Waals surface area contributed by atoms with Gasteiger partial charge in [0.05, 0.1) is 12.1 Å². The molecule has 3 N–H and O–H groups in total. The van der Waals surface area contributed by atoms with Crippen molar-refractivity contribution in [2.24, 2.45) is 5.92 Å². The van der Waals surface area contributed by atoms with Gasteiger partial charge >= 0.3 is 12.0 Å². The molecule has 2 fully saturated rings. The van der Waals surface area contributed by atoms with Crippen molar-refractivity contribution in [3.63, 3.8) is 0 Å². The summed E-state index contributed by atoms with van der Waals surface area (Å²) >= 11 is 0. The quantitative estimate of drug-likeness (QED) is 0.411. The summed E-state index contributed by atoms with van der Waals surface area (Å²) < 4.78 is 0. The molecule has 1 aromatic rings. The molecule has 28 heavy (non-hydrogen) atoms. The van der Waals surface area contributed by atoms with Crippen molar-refractivity contribution in [1.82, 2.24) is 9.80 Å². The van der Waals surface area contributed by atoms with Crippen LogP contribution in [0.3, 0.4) is 0 Å². The van der Waals surface area contributed by atoms with Crippen LogP contribution in [0.4, 0.5) is 10.5 Å². The first-order chi connectivity index (χ1) is 13.4. The molecule has 142 valence electrons. The zero-order chi connectivity index (χ0) is 20.0. The van der Waals surface area contributed by atoms with Crippen LogP contribution in [0.15, 0.2) is 47.7 Å². The number of nitrogens with zero attached hydrogens (tertiary/aromatic N) is 3. The van der Waals surface area contributed by atoms with Crippen LogP contribution in [-0.4, -0.2) is 56.5 Å². The largest absolute Gasteiger partial charge is 0.508 e. The lowest BCUT2D eigenvalue weighted by molar-refractivity contribution is -0.160. The highest BCUT2D eigenvalue weighted by atomic mass is 16.4. The number of rotatable bonds is 3. The Balaban J connectivity index is 1.58. The number of nitrogens with one attached hydrogen (secondary N) is 1. The molecule has 3 heterocycles. The van der Waals surface area contributed by atoms with Crippen LogP contribution in [-0.2, 0) is 9.59 Å². The number of hydrogen-bond donors (Lipinski definition) is 3. The summed E-state index contributed by atoms with van der Waals surface area (Å²) in [5.41, 5.74) is 0.819. The van der Waals surface area contributed by atoms with Gasteiger partial charge in [0.15, 0.2) is 0 Å². The fourth-order valence-corrected chi connectivity index (χ4v) is 4.24. The minimum atomic E-state index is -1.22. The van der Waals surface area contributed by atoms with E-state index in [9.17, 15) is 24.6 Å². The van der Waals surface area contributed by atoms with Gasteiger partial charge in [-0.1, -0.05) is 0 Å². The number of carbonyl (C=O) groups excluding carboxylic acids is 2. The van der Waals surface area contributed by atoms with Gasteiger partial charge in [0, 0.05) is 24.2 Å². The number of carboxylic acids is 1. The molecule has 9 nitrogen and oxygen atoms in total. The molecular formula is C19H16N4O5. The van der Waals surface area contributed by atoms with Crippen LogP contribution in [0, 0.1) is 17.2 Å². The number of hydrogen-bond acceptors (Lipinski definition) is 5. The molecule has 0 spiro atoms. The third-order valence-electron chi connectivity index (χ3n) is 5.37. The Morgan fingerprint density at radius 2 is 2.00 bits per heavy atom. The third kappa shape index (κ3) is 2.50. The lowest BCUT2D eigenvalue weighted by Crippen LogP contribution is -2.74. The van der Waals surface area contributed by atoms with E-state index in [0.29, 0.717) is 17.7 Å². The van der Waals surface area contributed by atoms with Gasteiger partial charge in [0.25, 0.3) is 5.91 Å². The van der Waals surface area contributed by atoms with E-state index in [1.54, 1.807) is 12.1 Å². The first kappa shape index (κ1) is 17.6. The van der Waals surface area contributed by atoms with Crippen LogP contribution in [0.25, 0.3) is 0 Å². The van der Waals surface area contributed by atoms with Crippen LogP contribution < -0.4 is 5.32 Å². The Morgan fingerprint density at radius 1 is 1.29 bits per heavy atom. The number of anilines is 1.